The number of pyridine rings is 2. The molecule has 2 heterocycles. The Morgan fingerprint density at radius 1 is 0.643 bits per heavy atom. The summed E-state index contributed by atoms with van der Waals surface area (Å²) in [5, 5.41) is 23.8. The summed E-state index contributed by atoms with van der Waals surface area (Å²) in [7, 11) is 0. The van der Waals surface area contributed by atoms with Gasteiger partial charge < -0.3 is 34.8 Å². The van der Waals surface area contributed by atoms with Crippen molar-refractivity contribution in [2.75, 3.05) is 13.2 Å². The van der Waals surface area contributed by atoms with E-state index in [0.29, 0.717) is 10.0 Å². The minimum Gasteiger partial charge on any atom is -0.546 e. The predicted molar refractivity (Wildman–Crippen MR) is 155 cm³/mol. The molecular formula is C28H20Cl4CuN2O7. The molecule has 0 fully saturated rings. The summed E-state index contributed by atoms with van der Waals surface area (Å²) in [4.78, 5) is 28.8. The fraction of sp³-hybridized carbons (Fsp3) is 0.0714. The van der Waals surface area contributed by atoms with Crippen molar-refractivity contribution in [2.45, 2.75) is 0 Å². The van der Waals surface area contributed by atoms with Gasteiger partial charge in [-0.05, 0) is 48.5 Å². The molecule has 3 aromatic carbocycles. The molecule has 14 heteroatoms. The van der Waals surface area contributed by atoms with Crippen LogP contribution in [-0.2, 0) is 26.7 Å². The molecule has 5 aromatic rings. The third-order valence-electron chi connectivity index (χ3n) is 4.82. The second-order valence-electron chi connectivity index (χ2n) is 7.69. The van der Waals surface area contributed by atoms with Crippen molar-refractivity contribution >= 4 is 80.1 Å². The molecule has 0 spiro atoms. The number of hydrogen-bond acceptors (Lipinski definition) is 8. The van der Waals surface area contributed by atoms with E-state index in [0.717, 1.165) is 21.8 Å². The Bertz CT molecular complexity index is 1520. The van der Waals surface area contributed by atoms with Crippen LogP contribution in [0.25, 0.3) is 21.8 Å². The monoisotopic (exact) mass is 699 g/mol. The standard InChI is InChI=1S/C12H8N2.2C8H6Cl2O3.Cu.H2O/c1-3-9-5-6-10-4-2-8-14-12(10)11(9)13-7-1;2*9-5-1-2-7(6(10)3-5)13-4-8(11)12;;/h1-8H;2*1-3H,4H2,(H,11,12);;1H2/q;;;+2;/p-2. The van der Waals surface area contributed by atoms with Gasteiger partial charge in [0, 0.05) is 33.2 Å². The van der Waals surface area contributed by atoms with Crippen LogP contribution in [0.1, 0.15) is 0 Å². The first kappa shape index (κ1) is 36.7. The van der Waals surface area contributed by atoms with Crippen molar-refractivity contribution in [3.63, 3.8) is 0 Å². The average molecular weight is 702 g/mol. The van der Waals surface area contributed by atoms with Crippen molar-refractivity contribution in [3.8, 4) is 11.5 Å². The van der Waals surface area contributed by atoms with Crippen molar-refractivity contribution in [1.82, 2.24) is 9.97 Å². The van der Waals surface area contributed by atoms with E-state index >= 15 is 0 Å². The maximum atomic E-state index is 10.0. The molecule has 0 atom stereocenters. The minimum absolute atomic E-state index is 0. The van der Waals surface area contributed by atoms with E-state index in [1.54, 1.807) is 24.5 Å². The first-order valence-electron chi connectivity index (χ1n) is 11.3. The smallest absolute Gasteiger partial charge is 0.546 e. The number of carbonyl (C=O) groups is 2. The second kappa shape index (κ2) is 18.3. The molecule has 0 bridgehead atoms. The molecular weight excluding hydrogens is 682 g/mol. The van der Waals surface area contributed by atoms with Crippen LogP contribution in [0.3, 0.4) is 0 Å². The van der Waals surface area contributed by atoms with Crippen LogP contribution in [-0.4, -0.2) is 40.6 Å². The van der Waals surface area contributed by atoms with Gasteiger partial charge in [-0.2, -0.15) is 0 Å². The summed E-state index contributed by atoms with van der Waals surface area (Å²) in [5.74, 6) is -2.05. The molecule has 0 saturated carbocycles. The number of nitrogens with zero attached hydrogens (tertiary/aromatic N) is 2. The van der Waals surface area contributed by atoms with Crippen LogP contribution >= 0.6 is 46.4 Å². The van der Waals surface area contributed by atoms with Gasteiger partial charge in [0.15, 0.2) is 0 Å². The maximum absolute atomic E-state index is 10.0. The topological polar surface area (TPSA) is 156 Å². The molecule has 0 saturated heterocycles. The van der Waals surface area contributed by atoms with Gasteiger partial charge in [0.2, 0.25) is 0 Å². The number of aromatic nitrogens is 2. The summed E-state index contributed by atoms with van der Waals surface area (Å²) in [5.41, 5.74) is 1.95. The van der Waals surface area contributed by atoms with Crippen molar-refractivity contribution in [1.29, 1.82) is 0 Å². The molecule has 0 unspecified atom stereocenters. The van der Waals surface area contributed by atoms with Crippen molar-refractivity contribution in [3.05, 3.63) is 105 Å². The zero-order valence-electron chi connectivity index (χ0n) is 21.2. The molecule has 2 N–H and O–H groups in total. The maximum Gasteiger partial charge on any atom is 2.00 e. The summed E-state index contributed by atoms with van der Waals surface area (Å²) in [6, 6.07) is 21.2. The molecule has 0 aliphatic rings. The van der Waals surface area contributed by atoms with Gasteiger partial charge in [-0.3, -0.25) is 9.97 Å². The number of carbonyl (C=O) groups excluding carboxylic acids is 2. The molecule has 5 rings (SSSR count). The Morgan fingerprint density at radius 2 is 1.02 bits per heavy atom. The van der Waals surface area contributed by atoms with E-state index in [-0.39, 0.29) is 44.1 Å². The van der Waals surface area contributed by atoms with Gasteiger partial charge in [-0.25, -0.2) is 0 Å². The van der Waals surface area contributed by atoms with Gasteiger partial charge in [0.05, 0.1) is 33.0 Å². The number of halogens is 4. The molecule has 2 aromatic heterocycles. The zero-order chi connectivity index (χ0) is 29.1. The molecule has 42 heavy (non-hydrogen) atoms. The van der Waals surface area contributed by atoms with E-state index in [1.807, 2.05) is 12.1 Å². The molecule has 223 valence electrons. The number of fused-ring (bicyclic) bond motifs is 3. The molecule has 1 radical (unpaired) electrons. The van der Waals surface area contributed by atoms with Crippen LogP contribution in [0, 0.1) is 0 Å². The van der Waals surface area contributed by atoms with Gasteiger partial charge in [0.25, 0.3) is 0 Å². The van der Waals surface area contributed by atoms with Gasteiger partial charge in [0.1, 0.15) is 24.7 Å². The SMILES string of the molecule is O.O=C([O-])COc1ccc(Cl)cc1Cl.O=C([O-])COc1ccc(Cl)cc1Cl.[Cu+2].c1cnc2c(c1)ccc1cccnc12. The van der Waals surface area contributed by atoms with Crippen LogP contribution in [0.15, 0.2) is 85.2 Å². The Hall–Kier alpha value is -3.34. The van der Waals surface area contributed by atoms with Crippen LogP contribution in [0.5, 0.6) is 11.5 Å². The van der Waals surface area contributed by atoms with E-state index in [4.69, 9.17) is 55.9 Å². The number of carboxylic acid groups (broad SMARTS) is 2. The number of hydrogen-bond donors (Lipinski definition) is 0. The second-order valence-corrected chi connectivity index (χ2v) is 9.37. The van der Waals surface area contributed by atoms with E-state index in [2.05, 4.69) is 34.2 Å². The minimum atomic E-state index is -1.30. The summed E-state index contributed by atoms with van der Waals surface area (Å²) in [6.07, 6.45) is 3.60. The van der Waals surface area contributed by atoms with Crippen LogP contribution in [0.4, 0.5) is 0 Å². The largest absolute Gasteiger partial charge is 2.00 e. The first-order valence-corrected chi connectivity index (χ1v) is 12.8. The van der Waals surface area contributed by atoms with Crippen LogP contribution in [0.2, 0.25) is 20.1 Å². The summed E-state index contributed by atoms with van der Waals surface area (Å²) in [6.45, 7) is -1.05. The quantitative estimate of drug-likeness (QED) is 0.188. The Labute approximate surface area is 270 Å². The fourth-order valence-corrected chi connectivity index (χ4v) is 4.06. The molecule has 0 aliphatic carbocycles. The summed E-state index contributed by atoms with van der Waals surface area (Å²) < 4.78 is 9.60. The Balaban J connectivity index is 0.000000308. The third kappa shape index (κ3) is 11.5. The van der Waals surface area contributed by atoms with Crippen LogP contribution < -0.4 is 19.7 Å². The van der Waals surface area contributed by atoms with E-state index in [9.17, 15) is 19.8 Å². The van der Waals surface area contributed by atoms with Crippen molar-refractivity contribution in [2.24, 2.45) is 0 Å². The number of rotatable bonds is 6. The number of ether oxygens (including phenoxy) is 2. The average Bonchev–Trinajstić information content (AvgIpc) is 2.92. The normalized spacial score (nSPS) is 9.62. The van der Waals surface area contributed by atoms with E-state index in [1.165, 1.54) is 24.3 Å². The van der Waals surface area contributed by atoms with Crippen molar-refractivity contribution < 1.29 is 51.8 Å². The fourth-order valence-electron chi connectivity index (χ4n) is 3.14. The Morgan fingerprint density at radius 3 is 1.36 bits per heavy atom. The first-order chi connectivity index (χ1) is 19.1. The third-order valence-corrected chi connectivity index (χ3v) is 5.88. The summed E-state index contributed by atoms with van der Waals surface area (Å²) >= 11 is 22.6. The predicted octanol–water partition coefficient (Wildman–Crippen LogP) is 4.20. The molecule has 0 amide bonds. The molecule has 9 nitrogen and oxygen atoms in total. The van der Waals surface area contributed by atoms with E-state index < -0.39 is 25.2 Å². The zero-order valence-corrected chi connectivity index (χ0v) is 25.1. The van der Waals surface area contributed by atoms with Gasteiger partial charge in [-0.15, -0.1) is 0 Å². The number of benzene rings is 3. The Kier molecular flexibility index (Phi) is 15.9. The van der Waals surface area contributed by atoms with Gasteiger partial charge in [-0.1, -0.05) is 70.7 Å². The number of aliphatic carboxylic acids is 2. The van der Waals surface area contributed by atoms with Gasteiger partial charge >= 0.3 is 17.1 Å². The number of carboxylic acids is 2. The molecule has 0 aliphatic heterocycles.